The van der Waals surface area contributed by atoms with Crippen LogP contribution in [0.5, 0.6) is 0 Å². The third-order valence-electron chi connectivity index (χ3n) is 4.89. The van der Waals surface area contributed by atoms with Gasteiger partial charge in [-0.2, -0.15) is 0 Å². The van der Waals surface area contributed by atoms with E-state index in [1.807, 2.05) is 6.26 Å². The number of rotatable bonds is 8. The fourth-order valence-electron chi connectivity index (χ4n) is 3.62. The zero-order valence-electron chi connectivity index (χ0n) is 15.8. The van der Waals surface area contributed by atoms with E-state index in [4.69, 9.17) is 0 Å². The lowest BCUT2D eigenvalue weighted by Crippen LogP contribution is -2.29. The summed E-state index contributed by atoms with van der Waals surface area (Å²) in [5, 5.41) is 0. The molecule has 2 aromatic rings. The second kappa shape index (κ2) is 9.13. The number of aryl methyl sites for hydroxylation is 1. The molecule has 1 aliphatic heterocycles. The summed E-state index contributed by atoms with van der Waals surface area (Å²) < 4.78 is 3.43. The maximum absolute atomic E-state index is 12.6. The highest BCUT2D eigenvalue weighted by Crippen LogP contribution is 2.38. The van der Waals surface area contributed by atoms with Crippen LogP contribution in [-0.2, 0) is 13.0 Å². The molecule has 0 unspecified atom stereocenters. The van der Waals surface area contributed by atoms with E-state index >= 15 is 0 Å². The number of hydrogen-bond acceptors (Lipinski definition) is 4. The van der Waals surface area contributed by atoms with Crippen molar-refractivity contribution in [2.75, 3.05) is 22.4 Å². The molecule has 4 heteroatoms. The number of Topliss-reactive ketones (excluding diaryl/α,β-unsaturated/α-hetero) is 1. The van der Waals surface area contributed by atoms with Crippen molar-refractivity contribution in [1.29, 1.82) is 0 Å². The minimum absolute atomic E-state index is 0.263. The number of ketones is 1. The molecule has 1 aliphatic rings. The summed E-state index contributed by atoms with van der Waals surface area (Å²) in [6, 6.07) is 14.8. The van der Waals surface area contributed by atoms with Gasteiger partial charge in [0.25, 0.3) is 0 Å². The molecule has 0 aliphatic carbocycles. The van der Waals surface area contributed by atoms with E-state index in [2.05, 4.69) is 59.0 Å². The minimum Gasteiger partial charge on any atom is -0.365 e. The number of fused-ring (bicyclic) bond motifs is 1. The van der Waals surface area contributed by atoms with Crippen molar-refractivity contribution in [1.82, 2.24) is 0 Å². The van der Waals surface area contributed by atoms with Crippen molar-refractivity contribution in [2.24, 2.45) is 0 Å². The second-order valence-electron chi connectivity index (χ2n) is 6.88. The van der Waals surface area contributed by atoms with Crippen LogP contribution in [0.4, 0.5) is 11.4 Å². The third-order valence-corrected chi connectivity index (χ3v) is 5.31. The average Bonchev–Trinajstić information content (AvgIpc) is 2.67. The average molecular weight is 369 g/mol. The zero-order valence-corrected chi connectivity index (χ0v) is 16.6. The number of benzene rings is 2. The Bertz CT molecular complexity index is 745. The van der Waals surface area contributed by atoms with Crippen LogP contribution < -0.4 is 9.62 Å². The van der Waals surface area contributed by atoms with Crippen LogP contribution in [0.1, 0.15) is 54.1 Å². The summed E-state index contributed by atoms with van der Waals surface area (Å²) in [7, 11) is 0. The Balaban J connectivity index is 1.93. The molecule has 3 nitrogen and oxygen atoms in total. The van der Waals surface area contributed by atoms with Gasteiger partial charge in [-0.3, -0.25) is 4.79 Å². The molecule has 1 heterocycles. The Morgan fingerprint density at radius 3 is 2.77 bits per heavy atom. The number of hydrogen-bond donors (Lipinski definition) is 1. The number of anilines is 2. The maximum Gasteiger partial charge on any atom is 0.162 e. The standard InChI is InChI=1S/C22H28N2OS/c1-3-4-12-21(25)19-14-18-11-8-13-24(16-17-9-6-5-7-10-17)22(18)20(15-19)23-26-2/h5-7,9-10,14-15,23H,3-4,8,11-13,16H2,1-2H3. The van der Waals surface area contributed by atoms with Gasteiger partial charge in [-0.05, 0) is 42.5 Å². The van der Waals surface area contributed by atoms with Crippen LogP contribution in [-0.4, -0.2) is 18.6 Å². The summed E-state index contributed by atoms with van der Waals surface area (Å²) in [5.74, 6) is 0.263. The van der Waals surface area contributed by atoms with E-state index in [1.54, 1.807) is 11.9 Å². The van der Waals surface area contributed by atoms with Gasteiger partial charge < -0.3 is 9.62 Å². The van der Waals surface area contributed by atoms with Gasteiger partial charge in [0, 0.05) is 31.3 Å². The van der Waals surface area contributed by atoms with Crippen LogP contribution in [0.3, 0.4) is 0 Å². The maximum atomic E-state index is 12.6. The Labute approximate surface area is 161 Å². The van der Waals surface area contributed by atoms with Gasteiger partial charge in [0.2, 0.25) is 0 Å². The van der Waals surface area contributed by atoms with Crippen molar-refractivity contribution in [3.05, 3.63) is 59.2 Å². The molecule has 0 radical (unpaired) electrons. The summed E-state index contributed by atoms with van der Waals surface area (Å²) in [5.41, 5.74) is 5.81. The molecule has 138 valence electrons. The van der Waals surface area contributed by atoms with Gasteiger partial charge in [0.05, 0.1) is 11.4 Å². The molecular formula is C22H28N2OS. The zero-order chi connectivity index (χ0) is 18.4. The van der Waals surface area contributed by atoms with Gasteiger partial charge >= 0.3 is 0 Å². The summed E-state index contributed by atoms with van der Waals surface area (Å²) >= 11 is 1.59. The summed E-state index contributed by atoms with van der Waals surface area (Å²) in [4.78, 5) is 15.0. The lowest BCUT2D eigenvalue weighted by atomic mass is 9.94. The highest BCUT2D eigenvalue weighted by atomic mass is 32.2. The molecule has 0 saturated carbocycles. The Morgan fingerprint density at radius 2 is 2.04 bits per heavy atom. The lowest BCUT2D eigenvalue weighted by molar-refractivity contribution is 0.0979. The number of carbonyl (C=O) groups excluding carboxylic acids is 1. The highest BCUT2D eigenvalue weighted by Gasteiger charge is 2.23. The van der Waals surface area contributed by atoms with E-state index in [-0.39, 0.29) is 5.78 Å². The normalized spacial score (nSPS) is 13.4. The number of nitrogens with one attached hydrogen (secondary N) is 1. The van der Waals surface area contributed by atoms with Gasteiger partial charge in [-0.25, -0.2) is 0 Å². The molecule has 0 fully saturated rings. The Kier molecular flexibility index (Phi) is 6.62. The second-order valence-corrected chi connectivity index (χ2v) is 7.49. The smallest absolute Gasteiger partial charge is 0.162 e. The van der Waals surface area contributed by atoms with Crippen LogP contribution in [0.25, 0.3) is 0 Å². The van der Waals surface area contributed by atoms with Crippen LogP contribution in [0, 0.1) is 0 Å². The van der Waals surface area contributed by atoms with Crippen LogP contribution in [0.2, 0.25) is 0 Å². The van der Waals surface area contributed by atoms with Gasteiger partial charge in [-0.15, -0.1) is 0 Å². The number of unbranched alkanes of at least 4 members (excludes halogenated alkanes) is 1. The molecule has 0 saturated heterocycles. The van der Waals surface area contributed by atoms with Crippen molar-refractivity contribution >= 4 is 29.1 Å². The van der Waals surface area contributed by atoms with Crippen molar-refractivity contribution in [3.8, 4) is 0 Å². The predicted molar refractivity (Wildman–Crippen MR) is 113 cm³/mol. The van der Waals surface area contributed by atoms with E-state index < -0.39 is 0 Å². The fourth-order valence-corrected chi connectivity index (χ4v) is 4.00. The van der Waals surface area contributed by atoms with Crippen LogP contribution in [0.15, 0.2) is 42.5 Å². The quantitative estimate of drug-likeness (QED) is 0.478. The lowest BCUT2D eigenvalue weighted by Gasteiger charge is -2.34. The Hall–Kier alpha value is -1.94. The molecule has 2 aromatic carbocycles. The molecular weight excluding hydrogens is 340 g/mol. The van der Waals surface area contributed by atoms with Gasteiger partial charge in [0.1, 0.15) is 0 Å². The molecule has 26 heavy (non-hydrogen) atoms. The van der Waals surface area contributed by atoms with E-state index in [9.17, 15) is 4.79 Å². The third kappa shape index (κ3) is 4.42. The minimum atomic E-state index is 0.263. The SMILES string of the molecule is CCCCC(=O)c1cc2c(c(NSC)c1)N(Cc1ccccc1)CCC2. The van der Waals surface area contributed by atoms with E-state index in [0.29, 0.717) is 6.42 Å². The van der Waals surface area contributed by atoms with Crippen LogP contribution >= 0.6 is 11.9 Å². The van der Waals surface area contributed by atoms with Crippen molar-refractivity contribution < 1.29 is 4.79 Å². The first-order chi connectivity index (χ1) is 12.7. The monoisotopic (exact) mass is 368 g/mol. The largest absolute Gasteiger partial charge is 0.365 e. The van der Waals surface area contributed by atoms with Crippen molar-refractivity contribution in [3.63, 3.8) is 0 Å². The van der Waals surface area contributed by atoms with Crippen molar-refractivity contribution in [2.45, 2.75) is 45.6 Å². The van der Waals surface area contributed by atoms with Gasteiger partial charge in [0.15, 0.2) is 5.78 Å². The first-order valence-corrected chi connectivity index (χ1v) is 10.7. The van der Waals surface area contributed by atoms with E-state index in [0.717, 1.165) is 50.0 Å². The molecule has 1 N–H and O–H groups in total. The summed E-state index contributed by atoms with van der Waals surface area (Å²) in [6.07, 6.45) is 6.85. The van der Waals surface area contributed by atoms with Gasteiger partial charge in [-0.1, -0.05) is 55.6 Å². The highest BCUT2D eigenvalue weighted by molar-refractivity contribution is 7.99. The molecule has 3 rings (SSSR count). The first-order valence-electron chi connectivity index (χ1n) is 9.51. The Morgan fingerprint density at radius 1 is 1.23 bits per heavy atom. The molecule has 0 spiro atoms. The summed E-state index contributed by atoms with van der Waals surface area (Å²) in [6.45, 7) is 4.08. The molecule has 0 bridgehead atoms. The number of carbonyl (C=O) groups is 1. The topological polar surface area (TPSA) is 32.3 Å². The molecule has 0 atom stereocenters. The predicted octanol–water partition coefficient (Wildman–Crippen LogP) is 5.70. The van der Waals surface area contributed by atoms with E-state index in [1.165, 1.54) is 16.8 Å². The fraction of sp³-hybridized carbons (Fsp3) is 0.409. The first kappa shape index (κ1) is 18.8. The number of nitrogens with zero attached hydrogens (tertiary/aromatic N) is 1. The molecule has 0 aromatic heterocycles. The molecule has 0 amide bonds.